The molecule has 0 saturated carbocycles. The third-order valence-corrected chi connectivity index (χ3v) is 4.88. The number of rotatable bonds is 5. The van der Waals surface area contributed by atoms with E-state index >= 15 is 0 Å². The fourth-order valence-electron chi connectivity index (χ4n) is 1.66. The summed E-state index contributed by atoms with van der Waals surface area (Å²) >= 11 is 0. The van der Waals surface area contributed by atoms with E-state index in [2.05, 4.69) is 0 Å². The van der Waals surface area contributed by atoms with Gasteiger partial charge in [0.1, 0.15) is 5.75 Å². The van der Waals surface area contributed by atoms with Gasteiger partial charge in [-0.3, -0.25) is 4.79 Å². The van der Waals surface area contributed by atoms with Gasteiger partial charge in [-0.1, -0.05) is 6.07 Å². The number of aromatic carboxylic acids is 1. The third-order valence-electron chi connectivity index (χ3n) is 3.28. The van der Waals surface area contributed by atoms with Crippen LogP contribution in [0.3, 0.4) is 0 Å². The number of carboxylic acids is 1. The molecular formula is C14H19NO5S. The van der Waals surface area contributed by atoms with E-state index in [0.717, 1.165) is 6.07 Å². The zero-order chi connectivity index (χ0) is 16.4. The zero-order valence-electron chi connectivity index (χ0n) is 12.5. The summed E-state index contributed by atoms with van der Waals surface area (Å²) in [6.45, 7) is 5.13. The molecule has 0 heterocycles. The predicted octanol–water partition coefficient (Wildman–Crippen LogP) is 1.33. The molecule has 0 aliphatic carbocycles. The minimum absolute atomic E-state index is 0.0826. The number of carbonyl (C=O) groups excluding carboxylic acids is 1. The van der Waals surface area contributed by atoms with Crippen LogP contribution in [0.5, 0.6) is 0 Å². The molecule has 0 aromatic heterocycles. The fraction of sp³-hybridized carbons (Fsp3) is 0.429. The van der Waals surface area contributed by atoms with Crippen molar-refractivity contribution >= 4 is 21.7 Å². The highest BCUT2D eigenvalue weighted by atomic mass is 32.2. The molecule has 1 N–H and O–H groups in total. The minimum Gasteiger partial charge on any atom is -0.478 e. The molecule has 0 bridgehead atoms. The van der Waals surface area contributed by atoms with Crippen LogP contribution in [0.25, 0.3) is 0 Å². The zero-order valence-corrected chi connectivity index (χ0v) is 13.3. The lowest BCUT2D eigenvalue weighted by Crippen LogP contribution is -2.37. The van der Waals surface area contributed by atoms with Gasteiger partial charge in [0.15, 0.2) is 9.84 Å². The van der Waals surface area contributed by atoms with E-state index < -0.39 is 27.5 Å². The maximum absolute atomic E-state index is 12.2. The highest BCUT2D eigenvalue weighted by Gasteiger charge is 2.24. The van der Waals surface area contributed by atoms with Gasteiger partial charge in [0.2, 0.25) is 5.91 Å². The average molecular weight is 313 g/mol. The lowest BCUT2D eigenvalue weighted by atomic mass is 10.1. The molecule has 0 spiro atoms. The molecule has 0 radical (unpaired) electrons. The average Bonchev–Trinajstić information content (AvgIpc) is 2.36. The molecule has 0 unspecified atom stereocenters. The maximum Gasteiger partial charge on any atom is 0.335 e. The summed E-state index contributed by atoms with van der Waals surface area (Å²) in [5.41, 5.74) is 0.382. The van der Waals surface area contributed by atoms with Crippen molar-refractivity contribution in [2.24, 2.45) is 0 Å². The second-order valence-corrected chi connectivity index (χ2v) is 7.13. The van der Waals surface area contributed by atoms with Gasteiger partial charge in [-0.25, -0.2) is 13.2 Å². The highest BCUT2D eigenvalue weighted by Crippen LogP contribution is 2.17. The van der Waals surface area contributed by atoms with Crippen LogP contribution in [0, 0.1) is 6.92 Å². The Bertz CT molecular complexity index is 664. The SMILES string of the molecule is Cc1ccc(S(=O)(=O)CC(=O)N(C)C(C)C)cc1C(=O)O. The topological polar surface area (TPSA) is 91.8 Å². The number of hydrogen-bond acceptors (Lipinski definition) is 4. The molecule has 0 aliphatic rings. The van der Waals surface area contributed by atoms with Gasteiger partial charge < -0.3 is 10.0 Å². The van der Waals surface area contributed by atoms with Gasteiger partial charge in [0, 0.05) is 13.1 Å². The number of benzene rings is 1. The van der Waals surface area contributed by atoms with Crippen molar-refractivity contribution in [3.05, 3.63) is 29.3 Å². The van der Waals surface area contributed by atoms with Gasteiger partial charge >= 0.3 is 5.97 Å². The Kier molecular flexibility index (Phi) is 5.11. The van der Waals surface area contributed by atoms with Crippen LogP contribution >= 0.6 is 0 Å². The first-order valence-electron chi connectivity index (χ1n) is 6.38. The molecule has 6 nitrogen and oxygen atoms in total. The summed E-state index contributed by atoms with van der Waals surface area (Å²) in [4.78, 5) is 24.1. The number of hydrogen-bond donors (Lipinski definition) is 1. The summed E-state index contributed by atoms with van der Waals surface area (Å²) in [7, 11) is -2.34. The molecule has 116 valence electrons. The Morgan fingerprint density at radius 1 is 1.29 bits per heavy atom. The lowest BCUT2D eigenvalue weighted by Gasteiger charge is -2.21. The van der Waals surface area contributed by atoms with Crippen molar-refractivity contribution < 1.29 is 23.1 Å². The molecule has 1 rings (SSSR count). The summed E-state index contributed by atoms with van der Waals surface area (Å²) in [5.74, 6) is -2.40. The molecular weight excluding hydrogens is 294 g/mol. The van der Waals surface area contributed by atoms with Gasteiger partial charge in [-0.15, -0.1) is 0 Å². The first-order chi connectivity index (χ1) is 9.56. The van der Waals surface area contributed by atoms with Crippen LogP contribution in [-0.4, -0.2) is 49.1 Å². The van der Waals surface area contributed by atoms with Crippen molar-refractivity contribution in [2.75, 3.05) is 12.8 Å². The molecule has 0 atom stereocenters. The molecule has 0 fully saturated rings. The molecule has 1 aromatic rings. The van der Waals surface area contributed by atoms with Crippen LogP contribution < -0.4 is 0 Å². The number of amides is 1. The van der Waals surface area contributed by atoms with Crippen molar-refractivity contribution in [1.82, 2.24) is 4.90 Å². The van der Waals surface area contributed by atoms with Gasteiger partial charge in [0.25, 0.3) is 0 Å². The Morgan fingerprint density at radius 3 is 2.33 bits per heavy atom. The van der Waals surface area contributed by atoms with Gasteiger partial charge in [-0.2, -0.15) is 0 Å². The standard InChI is InChI=1S/C14H19NO5S/c1-9(2)15(4)13(16)8-21(19,20)11-6-5-10(3)12(7-11)14(17)18/h5-7,9H,8H2,1-4H3,(H,17,18). The fourth-order valence-corrected chi connectivity index (χ4v) is 2.93. The van der Waals surface area contributed by atoms with Crippen LogP contribution in [0.4, 0.5) is 0 Å². The van der Waals surface area contributed by atoms with Crippen molar-refractivity contribution in [2.45, 2.75) is 31.7 Å². The first-order valence-corrected chi connectivity index (χ1v) is 8.04. The maximum atomic E-state index is 12.2. The Morgan fingerprint density at radius 2 is 1.86 bits per heavy atom. The van der Waals surface area contributed by atoms with Crippen LogP contribution in [-0.2, 0) is 14.6 Å². The Labute approximate surface area is 124 Å². The van der Waals surface area contributed by atoms with E-state index in [1.165, 1.54) is 24.1 Å². The van der Waals surface area contributed by atoms with E-state index in [4.69, 9.17) is 5.11 Å². The first kappa shape index (κ1) is 17.2. The van der Waals surface area contributed by atoms with E-state index in [-0.39, 0.29) is 16.5 Å². The summed E-state index contributed by atoms with van der Waals surface area (Å²) < 4.78 is 24.4. The largest absolute Gasteiger partial charge is 0.478 e. The van der Waals surface area contributed by atoms with Gasteiger partial charge in [-0.05, 0) is 38.5 Å². The normalized spacial score (nSPS) is 11.5. The number of sulfone groups is 1. The number of aryl methyl sites for hydroxylation is 1. The number of nitrogens with zero attached hydrogens (tertiary/aromatic N) is 1. The minimum atomic E-state index is -3.87. The van der Waals surface area contributed by atoms with Crippen LogP contribution in [0.15, 0.2) is 23.1 Å². The van der Waals surface area contributed by atoms with E-state index in [1.54, 1.807) is 20.8 Å². The number of carboxylic acid groups (broad SMARTS) is 1. The van der Waals surface area contributed by atoms with E-state index in [0.29, 0.717) is 5.56 Å². The molecule has 0 aliphatic heterocycles. The van der Waals surface area contributed by atoms with Crippen molar-refractivity contribution in [3.8, 4) is 0 Å². The quantitative estimate of drug-likeness (QED) is 0.885. The molecule has 1 aromatic carbocycles. The second-order valence-electron chi connectivity index (χ2n) is 5.14. The lowest BCUT2D eigenvalue weighted by molar-refractivity contribution is -0.128. The number of carbonyl (C=O) groups is 2. The summed E-state index contributed by atoms with van der Waals surface area (Å²) in [6.07, 6.45) is 0. The van der Waals surface area contributed by atoms with Crippen LogP contribution in [0.1, 0.15) is 29.8 Å². The Hall–Kier alpha value is -1.89. The molecule has 21 heavy (non-hydrogen) atoms. The second kappa shape index (κ2) is 6.26. The molecule has 1 amide bonds. The highest BCUT2D eigenvalue weighted by molar-refractivity contribution is 7.92. The summed E-state index contributed by atoms with van der Waals surface area (Å²) in [6, 6.07) is 3.72. The summed E-state index contributed by atoms with van der Waals surface area (Å²) in [5, 5.41) is 9.03. The monoisotopic (exact) mass is 313 g/mol. The van der Waals surface area contributed by atoms with Crippen LogP contribution in [0.2, 0.25) is 0 Å². The molecule has 0 saturated heterocycles. The van der Waals surface area contributed by atoms with Gasteiger partial charge in [0.05, 0.1) is 10.5 Å². The van der Waals surface area contributed by atoms with Crippen molar-refractivity contribution in [3.63, 3.8) is 0 Å². The van der Waals surface area contributed by atoms with Crippen molar-refractivity contribution in [1.29, 1.82) is 0 Å². The third kappa shape index (κ3) is 4.04. The Balaban J connectivity index is 3.12. The van der Waals surface area contributed by atoms with E-state index in [9.17, 15) is 18.0 Å². The predicted molar refractivity (Wildman–Crippen MR) is 78.1 cm³/mol. The molecule has 7 heteroatoms. The van der Waals surface area contributed by atoms with E-state index in [1.807, 2.05) is 0 Å². The smallest absolute Gasteiger partial charge is 0.335 e.